The summed E-state index contributed by atoms with van der Waals surface area (Å²) >= 11 is 1.55. The van der Waals surface area contributed by atoms with Crippen molar-refractivity contribution < 1.29 is 4.79 Å². The van der Waals surface area contributed by atoms with E-state index in [-0.39, 0.29) is 11.4 Å². The average Bonchev–Trinajstić information content (AvgIpc) is 2.97. The van der Waals surface area contributed by atoms with Gasteiger partial charge in [0.2, 0.25) is 5.91 Å². The van der Waals surface area contributed by atoms with Crippen LogP contribution in [0.2, 0.25) is 0 Å². The maximum Gasteiger partial charge on any atom is 0.225 e. The summed E-state index contributed by atoms with van der Waals surface area (Å²) < 4.78 is 0. The van der Waals surface area contributed by atoms with Crippen molar-refractivity contribution in [1.29, 1.82) is 0 Å². The highest BCUT2D eigenvalue weighted by Crippen LogP contribution is 2.29. The minimum absolute atomic E-state index is 0.0547. The Kier molecular flexibility index (Phi) is 4.58. The minimum atomic E-state index is 0.0547. The van der Waals surface area contributed by atoms with Gasteiger partial charge in [-0.15, -0.1) is 11.3 Å². The summed E-state index contributed by atoms with van der Waals surface area (Å²) in [5.41, 5.74) is 1.31. The first-order chi connectivity index (χ1) is 9.04. The van der Waals surface area contributed by atoms with Crippen molar-refractivity contribution in [3.8, 4) is 0 Å². The molecule has 2 rings (SSSR count). The predicted octanol–water partition coefficient (Wildman–Crippen LogP) is 2.94. The van der Waals surface area contributed by atoms with Gasteiger partial charge in [-0.2, -0.15) is 0 Å². The Morgan fingerprint density at radius 2 is 2.21 bits per heavy atom. The van der Waals surface area contributed by atoms with E-state index in [0.29, 0.717) is 6.54 Å². The lowest BCUT2D eigenvalue weighted by atomic mass is 10.0. The normalized spacial score (nSPS) is 17.6. The zero-order valence-corrected chi connectivity index (χ0v) is 12.8. The summed E-state index contributed by atoms with van der Waals surface area (Å²) in [6, 6.07) is 0. The zero-order chi connectivity index (χ0) is 13.9. The molecule has 106 valence electrons. The van der Waals surface area contributed by atoms with Crippen molar-refractivity contribution in [2.75, 3.05) is 11.4 Å². The van der Waals surface area contributed by atoms with Crippen LogP contribution in [-0.4, -0.2) is 23.0 Å². The summed E-state index contributed by atoms with van der Waals surface area (Å²) in [4.78, 5) is 17.7. The van der Waals surface area contributed by atoms with Crippen LogP contribution in [0.3, 0.4) is 0 Å². The molecule has 1 amide bonds. The topological polar surface area (TPSA) is 45.2 Å². The van der Waals surface area contributed by atoms with Crippen LogP contribution >= 0.6 is 11.3 Å². The number of nitrogens with one attached hydrogen (secondary N) is 1. The maximum absolute atomic E-state index is 11.5. The molecule has 0 aliphatic heterocycles. The van der Waals surface area contributed by atoms with Gasteiger partial charge in [0, 0.05) is 30.9 Å². The van der Waals surface area contributed by atoms with E-state index in [4.69, 9.17) is 0 Å². The van der Waals surface area contributed by atoms with Crippen LogP contribution in [0, 0.1) is 0 Å². The molecule has 0 spiro atoms. The van der Waals surface area contributed by atoms with Gasteiger partial charge >= 0.3 is 0 Å². The van der Waals surface area contributed by atoms with Crippen LogP contribution in [0.25, 0.3) is 0 Å². The summed E-state index contributed by atoms with van der Waals surface area (Å²) in [5, 5.41) is 6.47. The molecule has 0 atom stereocenters. The number of hydrogen-bond acceptors (Lipinski definition) is 4. The Morgan fingerprint density at radius 3 is 2.79 bits per heavy atom. The van der Waals surface area contributed by atoms with Gasteiger partial charge < -0.3 is 5.32 Å². The largest absolute Gasteiger partial charge is 0.306 e. The van der Waals surface area contributed by atoms with Crippen molar-refractivity contribution >= 4 is 22.4 Å². The fourth-order valence-electron chi connectivity index (χ4n) is 2.63. The Labute approximate surface area is 119 Å². The Hall–Kier alpha value is -0.940. The van der Waals surface area contributed by atoms with E-state index in [1.165, 1.54) is 25.7 Å². The highest BCUT2D eigenvalue weighted by atomic mass is 32.1. The van der Waals surface area contributed by atoms with Gasteiger partial charge in [-0.25, -0.2) is 4.98 Å². The van der Waals surface area contributed by atoms with Crippen molar-refractivity contribution in [3.63, 3.8) is 0 Å². The average molecular weight is 281 g/mol. The van der Waals surface area contributed by atoms with Crippen LogP contribution in [0.15, 0.2) is 5.38 Å². The second-order valence-corrected chi connectivity index (χ2v) is 6.34. The number of hydrogen-bond donors (Lipinski definition) is 1. The van der Waals surface area contributed by atoms with Crippen LogP contribution < -0.4 is 10.2 Å². The number of rotatable bonds is 5. The lowest BCUT2D eigenvalue weighted by Gasteiger charge is -2.24. The summed E-state index contributed by atoms with van der Waals surface area (Å²) in [5.74, 6) is 0.0547. The molecule has 0 aromatic carbocycles. The minimum Gasteiger partial charge on any atom is -0.306 e. The van der Waals surface area contributed by atoms with Gasteiger partial charge in [-0.1, -0.05) is 12.8 Å². The van der Waals surface area contributed by atoms with Gasteiger partial charge in [0.05, 0.1) is 5.69 Å². The second kappa shape index (κ2) is 6.01. The summed E-state index contributed by atoms with van der Waals surface area (Å²) in [6.45, 7) is 7.32. The predicted molar refractivity (Wildman–Crippen MR) is 79.5 cm³/mol. The molecule has 1 aromatic heterocycles. The van der Waals surface area contributed by atoms with Crippen LogP contribution in [0.5, 0.6) is 0 Å². The van der Waals surface area contributed by atoms with Crippen molar-refractivity contribution in [2.45, 2.75) is 58.5 Å². The number of nitrogens with zero attached hydrogens (tertiary/aromatic N) is 2. The second-order valence-electron chi connectivity index (χ2n) is 5.51. The molecule has 1 aliphatic rings. The zero-order valence-electron chi connectivity index (χ0n) is 12.0. The molecule has 1 heterocycles. The SMILES string of the molecule is CCN(C(C)=O)c1nc(CNC2(C)CCCC2)cs1. The standard InChI is InChI=1S/C14H23N3OS/c1-4-17(11(2)18)13-16-12(10-19-13)9-15-14(3)7-5-6-8-14/h10,15H,4-9H2,1-3H3. The summed E-state index contributed by atoms with van der Waals surface area (Å²) in [6.07, 6.45) is 5.14. The van der Waals surface area contributed by atoms with Gasteiger partial charge in [0.25, 0.3) is 0 Å². The number of thiazole rings is 1. The number of aromatic nitrogens is 1. The van der Waals surface area contributed by atoms with Crippen LogP contribution in [-0.2, 0) is 11.3 Å². The van der Waals surface area contributed by atoms with Gasteiger partial charge in [-0.05, 0) is 26.7 Å². The summed E-state index contributed by atoms with van der Waals surface area (Å²) in [7, 11) is 0. The van der Waals surface area contributed by atoms with E-state index in [0.717, 1.165) is 17.4 Å². The first-order valence-corrected chi connectivity index (χ1v) is 7.89. The first-order valence-electron chi connectivity index (χ1n) is 7.01. The van der Waals surface area contributed by atoms with Gasteiger partial charge in [0.1, 0.15) is 0 Å². The Balaban J connectivity index is 1.95. The van der Waals surface area contributed by atoms with Crippen LogP contribution in [0.1, 0.15) is 52.1 Å². The molecule has 0 unspecified atom stereocenters. The number of carbonyl (C=O) groups excluding carboxylic acids is 1. The molecule has 1 N–H and O–H groups in total. The van der Waals surface area contributed by atoms with E-state index in [1.807, 2.05) is 12.3 Å². The first kappa shape index (κ1) is 14.5. The van der Waals surface area contributed by atoms with Crippen molar-refractivity contribution in [2.24, 2.45) is 0 Å². The third-order valence-corrected chi connectivity index (χ3v) is 4.78. The monoisotopic (exact) mass is 281 g/mol. The van der Waals surface area contributed by atoms with Gasteiger partial charge in [-0.3, -0.25) is 9.69 Å². The number of anilines is 1. The molecule has 0 saturated heterocycles. The molecule has 1 aromatic rings. The molecule has 5 heteroatoms. The third kappa shape index (κ3) is 3.54. The molecule has 19 heavy (non-hydrogen) atoms. The lowest BCUT2D eigenvalue weighted by Crippen LogP contribution is -2.38. The van der Waals surface area contributed by atoms with E-state index >= 15 is 0 Å². The van der Waals surface area contributed by atoms with Crippen LogP contribution in [0.4, 0.5) is 5.13 Å². The van der Waals surface area contributed by atoms with Gasteiger partial charge in [0.15, 0.2) is 5.13 Å². The maximum atomic E-state index is 11.5. The molecular weight excluding hydrogens is 258 g/mol. The van der Waals surface area contributed by atoms with E-state index < -0.39 is 0 Å². The fraction of sp³-hybridized carbons (Fsp3) is 0.714. The van der Waals surface area contributed by atoms with E-state index in [1.54, 1.807) is 23.2 Å². The smallest absolute Gasteiger partial charge is 0.225 e. The van der Waals surface area contributed by atoms with Crippen molar-refractivity contribution in [3.05, 3.63) is 11.1 Å². The molecule has 0 bridgehead atoms. The molecule has 0 radical (unpaired) electrons. The number of carbonyl (C=O) groups is 1. The molecule has 1 saturated carbocycles. The number of amides is 1. The van der Waals surface area contributed by atoms with E-state index in [2.05, 4.69) is 17.2 Å². The third-order valence-electron chi connectivity index (χ3n) is 3.87. The lowest BCUT2D eigenvalue weighted by molar-refractivity contribution is -0.116. The quantitative estimate of drug-likeness (QED) is 0.902. The van der Waals surface area contributed by atoms with E-state index in [9.17, 15) is 4.79 Å². The Bertz CT molecular complexity index is 438. The fourth-order valence-corrected chi connectivity index (χ4v) is 3.56. The Morgan fingerprint density at radius 1 is 1.53 bits per heavy atom. The molecular formula is C14H23N3OS. The molecule has 1 fully saturated rings. The van der Waals surface area contributed by atoms with Crippen molar-refractivity contribution in [1.82, 2.24) is 10.3 Å². The highest BCUT2D eigenvalue weighted by Gasteiger charge is 2.27. The molecule has 4 nitrogen and oxygen atoms in total. The highest BCUT2D eigenvalue weighted by molar-refractivity contribution is 7.14. The molecule has 1 aliphatic carbocycles.